The third kappa shape index (κ3) is 3.23. The molecule has 26 heavy (non-hydrogen) atoms. The van der Waals surface area contributed by atoms with Crippen molar-refractivity contribution in [1.82, 2.24) is 15.0 Å². The molecule has 0 fully saturated rings. The van der Waals surface area contributed by atoms with E-state index in [1.807, 2.05) is 6.07 Å². The van der Waals surface area contributed by atoms with Gasteiger partial charge in [0, 0.05) is 21.6 Å². The topological polar surface area (TPSA) is 62.8 Å². The van der Waals surface area contributed by atoms with E-state index in [0.717, 1.165) is 5.69 Å². The van der Waals surface area contributed by atoms with Crippen LogP contribution in [-0.4, -0.2) is 21.3 Å². The molecule has 4 rings (SSSR count). The summed E-state index contributed by atoms with van der Waals surface area (Å²) in [6, 6.07) is 11.1. The van der Waals surface area contributed by atoms with Gasteiger partial charge in [-0.15, -0.1) is 13.2 Å². The van der Waals surface area contributed by atoms with Crippen molar-refractivity contribution in [3.8, 4) is 5.75 Å². The Morgan fingerprint density at radius 3 is 2.69 bits per heavy atom. The van der Waals surface area contributed by atoms with Gasteiger partial charge in [0.1, 0.15) is 23.1 Å². The van der Waals surface area contributed by atoms with E-state index in [4.69, 9.17) is 11.6 Å². The number of fused-ring (bicyclic) bond motifs is 3. The SMILES string of the molecule is FC(F)(F)Oc1ccc2[nH]c3c(Nc4cccc(Cl)c4)ncnc3c2c1. The lowest BCUT2D eigenvalue weighted by Gasteiger charge is -2.08. The third-order valence-electron chi connectivity index (χ3n) is 3.67. The van der Waals surface area contributed by atoms with Crippen LogP contribution in [0, 0.1) is 0 Å². The van der Waals surface area contributed by atoms with Crippen LogP contribution in [0.1, 0.15) is 0 Å². The molecule has 0 atom stereocenters. The molecule has 132 valence electrons. The number of hydrogen-bond donors (Lipinski definition) is 2. The van der Waals surface area contributed by atoms with E-state index in [2.05, 4.69) is 25.0 Å². The van der Waals surface area contributed by atoms with E-state index in [9.17, 15) is 13.2 Å². The number of H-pyrrole nitrogens is 1. The largest absolute Gasteiger partial charge is 0.573 e. The Kier molecular flexibility index (Phi) is 3.84. The molecule has 9 heteroatoms. The Labute approximate surface area is 149 Å². The van der Waals surface area contributed by atoms with Crippen LogP contribution in [0.25, 0.3) is 21.9 Å². The van der Waals surface area contributed by atoms with Crippen molar-refractivity contribution in [2.24, 2.45) is 0 Å². The number of anilines is 2. The molecule has 0 bridgehead atoms. The minimum absolute atomic E-state index is 0.311. The van der Waals surface area contributed by atoms with Crippen LogP contribution in [0.5, 0.6) is 5.75 Å². The van der Waals surface area contributed by atoms with Gasteiger partial charge in [-0.05, 0) is 36.4 Å². The highest BCUT2D eigenvalue weighted by atomic mass is 35.5. The van der Waals surface area contributed by atoms with Crippen LogP contribution in [-0.2, 0) is 0 Å². The number of rotatable bonds is 3. The van der Waals surface area contributed by atoms with Crippen LogP contribution in [0.2, 0.25) is 5.02 Å². The summed E-state index contributed by atoms with van der Waals surface area (Å²) < 4.78 is 41.3. The lowest BCUT2D eigenvalue weighted by Crippen LogP contribution is -2.16. The molecule has 5 nitrogen and oxygen atoms in total. The Hall–Kier alpha value is -3.00. The molecule has 2 heterocycles. The number of aromatic amines is 1. The zero-order valence-corrected chi connectivity index (χ0v) is 13.7. The van der Waals surface area contributed by atoms with Gasteiger partial charge in [0.25, 0.3) is 0 Å². The molecule has 0 aliphatic heterocycles. The van der Waals surface area contributed by atoms with Gasteiger partial charge in [-0.1, -0.05) is 17.7 Å². The summed E-state index contributed by atoms with van der Waals surface area (Å²) in [5, 5.41) is 4.18. The molecule has 0 amide bonds. The van der Waals surface area contributed by atoms with E-state index >= 15 is 0 Å². The van der Waals surface area contributed by atoms with Crippen molar-refractivity contribution in [2.45, 2.75) is 6.36 Å². The summed E-state index contributed by atoms with van der Waals surface area (Å²) in [7, 11) is 0. The van der Waals surface area contributed by atoms with Crippen molar-refractivity contribution in [2.75, 3.05) is 5.32 Å². The van der Waals surface area contributed by atoms with E-state index in [0.29, 0.717) is 32.8 Å². The molecule has 2 N–H and O–H groups in total. The zero-order chi connectivity index (χ0) is 18.3. The van der Waals surface area contributed by atoms with Gasteiger partial charge in [-0.25, -0.2) is 9.97 Å². The summed E-state index contributed by atoms with van der Waals surface area (Å²) in [6.45, 7) is 0. The summed E-state index contributed by atoms with van der Waals surface area (Å²) in [6.07, 6.45) is -3.42. The predicted octanol–water partition coefficient (Wildman–Crippen LogP) is 5.41. The van der Waals surface area contributed by atoms with Crippen molar-refractivity contribution in [1.29, 1.82) is 0 Å². The Bertz CT molecular complexity index is 1110. The number of halogens is 4. The smallest absolute Gasteiger partial charge is 0.406 e. The predicted molar refractivity (Wildman–Crippen MR) is 92.8 cm³/mol. The molecular weight excluding hydrogens is 369 g/mol. The summed E-state index contributed by atoms with van der Waals surface area (Å²) in [5.41, 5.74) is 2.38. The van der Waals surface area contributed by atoms with Crippen molar-refractivity contribution < 1.29 is 17.9 Å². The molecule has 2 aromatic carbocycles. The fourth-order valence-electron chi connectivity index (χ4n) is 2.67. The number of aromatic nitrogens is 3. The normalized spacial score (nSPS) is 11.8. The molecule has 0 aliphatic rings. The van der Waals surface area contributed by atoms with Crippen LogP contribution in [0.4, 0.5) is 24.7 Å². The van der Waals surface area contributed by atoms with E-state index in [-0.39, 0.29) is 5.75 Å². The average Bonchev–Trinajstić information content (AvgIpc) is 2.93. The highest BCUT2D eigenvalue weighted by Gasteiger charge is 2.31. The first-order valence-electron chi connectivity index (χ1n) is 7.44. The van der Waals surface area contributed by atoms with E-state index in [1.165, 1.54) is 24.5 Å². The van der Waals surface area contributed by atoms with Gasteiger partial charge in [0.2, 0.25) is 0 Å². The van der Waals surface area contributed by atoms with Crippen LogP contribution in [0.15, 0.2) is 48.8 Å². The number of alkyl halides is 3. The van der Waals surface area contributed by atoms with Gasteiger partial charge < -0.3 is 15.0 Å². The fraction of sp³-hybridized carbons (Fsp3) is 0.0588. The van der Waals surface area contributed by atoms with Crippen LogP contribution < -0.4 is 10.1 Å². The summed E-state index contributed by atoms with van der Waals surface area (Å²) in [4.78, 5) is 11.5. The molecule has 0 spiro atoms. The van der Waals surface area contributed by atoms with Gasteiger partial charge >= 0.3 is 6.36 Å². The molecular formula is C17H10ClF3N4O. The highest BCUT2D eigenvalue weighted by Crippen LogP contribution is 2.33. The Morgan fingerprint density at radius 2 is 1.92 bits per heavy atom. The number of nitrogens with one attached hydrogen (secondary N) is 2. The zero-order valence-electron chi connectivity index (χ0n) is 12.9. The number of hydrogen-bond acceptors (Lipinski definition) is 4. The first-order chi connectivity index (χ1) is 12.4. The Morgan fingerprint density at radius 1 is 1.08 bits per heavy atom. The molecule has 0 aliphatic carbocycles. The molecule has 4 aromatic rings. The minimum Gasteiger partial charge on any atom is -0.406 e. The first-order valence-corrected chi connectivity index (χ1v) is 7.82. The van der Waals surface area contributed by atoms with E-state index in [1.54, 1.807) is 18.2 Å². The summed E-state index contributed by atoms with van der Waals surface area (Å²) >= 11 is 5.98. The molecule has 2 aromatic heterocycles. The van der Waals surface area contributed by atoms with Crippen LogP contribution in [0.3, 0.4) is 0 Å². The average molecular weight is 379 g/mol. The van der Waals surface area contributed by atoms with Crippen molar-refractivity contribution in [3.63, 3.8) is 0 Å². The van der Waals surface area contributed by atoms with Gasteiger partial charge in [-0.3, -0.25) is 0 Å². The number of benzene rings is 2. The highest BCUT2D eigenvalue weighted by molar-refractivity contribution is 6.30. The fourth-order valence-corrected chi connectivity index (χ4v) is 2.86. The number of nitrogens with zero attached hydrogens (tertiary/aromatic N) is 2. The summed E-state index contributed by atoms with van der Waals surface area (Å²) in [5.74, 6) is 0.167. The standard InChI is InChI=1S/C17H10ClF3N4O/c18-9-2-1-3-10(6-9)24-16-15-14(22-8-23-16)12-7-11(26-17(19,20)21)4-5-13(12)25-15/h1-8,25H,(H,22,23,24). The lowest BCUT2D eigenvalue weighted by atomic mass is 10.2. The quantitative estimate of drug-likeness (QED) is 0.500. The maximum Gasteiger partial charge on any atom is 0.573 e. The van der Waals surface area contributed by atoms with E-state index < -0.39 is 6.36 Å². The van der Waals surface area contributed by atoms with Gasteiger partial charge in [-0.2, -0.15) is 0 Å². The van der Waals surface area contributed by atoms with Gasteiger partial charge in [0.15, 0.2) is 5.82 Å². The Balaban J connectivity index is 1.80. The van der Waals surface area contributed by atoms with Gasteiger partial charge in [0.05, 0.1) is 0 Å². The minimum atomic E-state index is -4.76. The second-order valence-corrected chi connectivity index (χ2v) is 5.90. The molecule has 0 radical (unpaired) electrons. The second-order valence-electron chi connectivity index (χ2n) is 5.46. The van der Waals surface area contributed by atoms with Crippen molar-refractivity contribution in [3.05, 3.63) is 53.8 Å². The maximum absolute atomic E-state index is 12.4. The van der Waals surface area contributed by atoms with Crippen molar-refractivity contribution >= 4 is 45.0 Å². The maximum atomic E-state index is 12.4. The lowest BCUT2D eigenvalue weighted by molar-refractivity contribution is -0.274. The van der Waals surface area contributed by atoms with Crippen LogP contribution >= 0.6 is 11.6 Å². The third-order valence-corrected chi connectivity index (χ3v) is 3.91. The monoisotopic (exact) mass is 378 g/mol. The second kappa shape index (κ2) is 6.06. The first kappa shape index (κ1) is 16.5. The molecule has 0 saturated carbocycles. The molecule has 0 unspecified atom stereocenters. The number of ether oxygens (including phenoxy) is 1. The molecule has 0 saturated heterocycles.